The summed E-state index contributed by atoms with van der Waals surface area (Å²) in [6.07, 6.45) is 11.4. The van der Waals surface area contributed by atoms with Crippen LogP contribution >= 0.6 is 0 Å². The zero-order valence-electron chi connectivity index (χ0n) is 32.1. The average molecular weight is 647 g/mol. The van der Waals surface area contributed by atoms with E-state index in [1.807, 2.05) is 4.90 Å². The van der Waals surface area contributed by atoms with Gasteiger partial charge in [-0.2, -0.15) is 0 Å². The Kier molecular flexibility index (Phi) is 13.7. The van der Waals surface area contributed by atoms with Crippen molar-refractivity contribution in [1.82, 2.24) is 20.4 Å². The molecule has 0 radical (unpaired) electrons. The quantitative estimate of drug-likeness (QED) is 0.204. The van der Waals surface area contributed by atoms with Crippen LogP contribution in [0.1, 0.15) is 147 Å². The van der Waals surface area contributed by atoms with E-state index in [0.29, 0.717) is 43.0 Å². The normalized spacial score (nSPS) is 24.9. The molecule has 0 aromatic carbocycles. The van der Waals surface area contributed by atoms with E-state index in [9.17, 15) is 9.59 Å². The van der Waals surface area contributed by atoms with Crippen molar-refractivity contribution in [2.75, 3.05) is 45.9 Å². The van der Waals surface area contributed by atoms with Crippen molar-refractivity contribution in [3.63, 3.8) is 0 Å². The van der Waals surface area contributed by atoms with Gasteiger partial charge >= 0.3 is 0 Å². The topological polar surface area (TPSA) is 73.9 Å². The van der Waals surface area contributed by atoms with Gasteiger partial charge in [-0.25, -0.2) is 0 Å². The zero-order chi connectivity index (χ0) is 34.4. The molecule has 0 aromatic rings. The van der Waals surface area contributed by atoms with Crippen molar-refractivity contribution >= 4 is 11.8 Å². The van der Waals surface area contributed by atoms with Crippen molar-refractivity contribution in [3.05, 3.63) is 0 Å². The van der Waals surface area contributed by atoms with Gasteiger partial charge in [-0.3, -0.25) is 9.59 Å². The Morgan fingerprint density at radius 1 is 0.804 bits per heavy atom. The summed E-state index contributed by atoms with van der Waals surface area (Å²) >= 11 is 0. The van der Waals surface area contributed by atoms with Crippen LogP contribution in [0.2, 0.25) is 0 Å². The van der Waals surface area contributed by atoms with Crippen LogP contribution in [0.4, 0.5) is 0 Å². The Morgan fingerprint density at radius 3 is 1.89 bits per heavy atom. The predicted molar refractivity (Wildman–Crippen MR) is 192 cm³/mol. The SMILES string of the molecule is CC(CCC(C)(C)C1(C)CCN(C(=O)C2CCC(NC(C)(C)C)CC2)CC1)NCCOCCC(=O)N1CCC(C)(C(C)(C)C)CC1. The van der Waals surface area contributed by atoms with Gasteiger partial charge in [0, 0.05) is 56.3 Å². The lowest BCUT2D eigenvalue weighted by molar-refractivity contribution is -0.140. The fourth-order valence-electron chi connectivity index (χ4n) is 8.03. The highest BCUT2D eigenvalue weighted by Crippen LogP contribution is 2.50. The van der Waals surface area contributed by atoms with Crippen molar-refractivity contribution in [2.24, 2.45) is 27.6 Å². The highest BCUT2D eigenvalue weighted by Gasteiger charge is 2.44. The zero-order valence-corrected chi connectivity index (χ0v) is 32.1. The summed E-state index contributed by atoms with van der Waals surface area (Å²) in [6, 6.07) is 0.966. The number of carbonyl (C=O) groups excluding carboxylic acids is 2. The Labute approximate surface area is 284 Å². The summed E-state index contributed by atoms with van der Waals surface area (Å²) < 4.78 is 5.85. The summed E-state index contributed by atoms with van der Waals surface area (Å²) in [5.74, 6) is 0.861. The maximum absolute atomic E-state index is 13.4. The van der Waals surface area contributed by atoms with Crippen LogP contribution in [-0.4, -0.2) is 85.2 Å². The molecule has 3 fully saturated rings. The number of ether oxygens (including phenoxy) is 1. The number of amides is 2. The second-order valence-electron chi connectivity index (χ2n) is 18.7. The van der Waals surface area contributed by atoms with Gasteiger partial charge in [-0.15, -0.1) is 0 Å². The summed E-state index contributed by atoms with van der Waals surface area (Å²) in [4.78, 5) is 30.4. The van der Waals surface area contributed by atoms with Crippen molar-refractivity contribution < 1.29 is 14.3 Å². The lowest BCUT2D eigenvalue weighted by Crippen LogP contribution is -2.50. The van der Waals surface area contributed by atoms with E-state index < -0.39 is 0 Å². The molecular weight excluding hydrogens is 572 g/mol. The van der Waals surface area contributed by atoms with Gasteiger partial charge in [0.05, 0.1) is 19.6 Å². The molecule has 3 aliphatic rings. The first-order valence-corrected chi connectivity index (χ1v) is 18.9. The highest BCUT2D eigenvalue weighted by molar-refractivity contribution is 5.79. The van der Waals surface area contributed by atoms with Gasteiger partial charge in [-0.05, 0) is 114 Å². The minimum atomic E-state index is 0.138. The highest BCUT2D eigenvalue weighted by atomic mass is 16.5. The van der Waals surface area contributed by atoms with Crippen LogP contribution in [-0.2, 0) is 14.3 Å². The van der Waals surface area contributed by atoms with Crippen LogP contribution in [0.15, 0.2) is 0 Å². The molecule has 1 unspecified atom stereocenters. The Morgan fingerprint density at radius 2 is 1.35 bits per heavy atom. The molecule has 7 heteroatoms. The van der Waals surface area contributed by atoms with Gasteiger partial charge < -0.3 is 25.2 Å². The smallest absolute Gasteiger partial charge is 0.225 e. The molecule has 2 N–H and O–H groups in total. The number of carbonyl (C=O) groups is 2. The van der Waals surface area contributed by atoms with E-state index in [2.05, 4.69) is 91.7 Å². The minimum Gasteiger partial charge on any atom is -0.380 e. The summed E-state index contributed by atoms with van der Waals surface area (Å²) in [5, 5.41) is 7.38. The van der Waals surface area contributed by atoms with E-state index in [0.717, 1.165) is 96.9 Å². The van der Waals surface area contributed by atoms with Gasteiger partial charge in [0.2, 0.25) is 11.8 Å². The van der Waals surface area contributed by atoms with E-state index in [1.165, 1.54) is 0 Å². The van der Waals surface area contributed by atoms with Crippen molar-refractivity contribution in [1.29, 1.82) is 0 Å². The summed E-state index contributed by atoms with van der Waals surface area (Å²) in [6.45, 7) is 31.1. The number of piperidine rings is 2. The molecule has 46 heavy (non-hydrogen) atoms. The fourth-order valence-corrected chi connectivity index (χ4v) is 8.03. The third-order valence-electron chi connectivity index (χ3n) is 13.0. The third kappa shape index (κ3) is 10.9. The van der Waals surface area contributed by atoms with Crippen molar-refractivity contribution in [3.8, 4) is 0 Å². The molecule has 3 rings (SSSR count). The van der Waals surface area contributed by atoms with Gasteiger partial charge in [0.15, 0.2) is 0 Å². The van der Waals surface area contributed by atoms with Gasteiger partial charge in [0.1, 0.15) is 0 Å². The number of hydrogen-bond acceptors (Lipinski definition) is 5. The summed E-state index contributed by atoms with van der Waals surface area (Å²) in [7, 11) is 0. The Hall–Kier alpha value is -1.18. The lowest BCUT2D eigenvalue weighted by Gasteiger charge is -2.50. The molecular formula is C39H74N4O3. The number of nitrogens with one attached hydrogen (secondary N) is 2. The van der Waals surface area contributed by atoms with Gasteiger partial charge in [0.25, 0.3) is 0 Å². The molecule has 7 nitrogen and oxygen atoms in total. The molecule has 1 aliphatic carbocycles. The number of nitrogens with zero attached hydrogens (tertiary/aromatic N) is 2. The van der Waals surface area contributed by atoms with Crippen LogP contribution < -0.4 is 10.6 Å². The first-order valence-electron chi connectivity index (χ1n) is 18.9. The molecule has 2 heterocycles. The standard InChI is InChI=1S/C39H74N4O3/c1-30(40-23-29-46-28-17-33(44)42-24-19-38(10,20-25-42)35(2,3)4)16-18-37(8,9)39(11)21-26-43(27-22-39)34(45)31-12-14-32(15-13-31)41-36(5,6)7/h30-32,40-41H,12-29H2,1-11H3. The van der Waals surface area contributed by atoms with Gasteiger partial charge in [-0.1, -0.05) is 48.5 Å². The van der Waals surface area contributed by atoms with Crippen LogP contribution in [0.5, 0.6) is 0 Å². The molecule has 1 saturated carbocycles. The van der Waals surface area contributed by atoms with Crippen LogP contribution in [0.3, 0.4) is 0 Å². The molecule has 1 atom stereocenters. The molecule has 2 aliphatic heterocycles. The Balaban J connectivity index is 1.28. The van der Waals surface area contributed by atoms with Crippen molar-refractivity contribution in [2.45, 2.75) is 164 Å². The van der Waals surface area contributed by atoms with Crippen LogP contribution in [0, 0.1) is 27.6 Å². The second kappa shape index (κ2) is 16.0. The third-order valence-corrected chi connectivity index (χ3v) is 13.0. The lowest BCUT2D eigenvalue weighted by atomic mass is 9.59. The second-order valence-corrected chi connectivity index (χ2v) is 18.7. The summed E-state index contributed by atoms with van der Waals surface area (Å²) in [5.41, 5.74) is 1.17. The first kappa shape index (κ1) is 39.3. The maximum atomic E-state index is 13.4. The first-order chi connectivity index (χ1) is 21.3. The monoisotopic (exact) mass is 647 g/mol. The number of hydrogen-bond donors (Lipinski definition) is 2. The van der Waals surface area contributed by atoms with E-state index in [4.69, 9.17) is 4.74 Å². The van der Waals surface area contributed by atoms with Crippen LogP contribution in [0.25, 0.3) is 0 Å². The average Bonchev–Trinajstić information content (AvgIpc) is 2.97. The molecule has 268 valence electrons. The number of rotatable bonds is 13. The maximum Gasteiger partial charge on any atom is 0.225 e. The van der Waals surface area contributed by atoms with E-state index in [1.54, 1.807) is 0 Å². The Bertz CT molecular complexity index is 957. The largest absolute Gasteiger partial charge is 0.380 e. The number of likely N-dealkylation sites (tertiary alicyclic amines) is 2. The van der Waals surface area contributed by atoms with E-state index in [-0.39, 0.29) is 33.6 Å². The molecule has 0 bridgehead atoms. The molecule has 2 saturated heterocycles. The minimum absolute atomic E-state index is 0.138. The molecule has 0 spiro atoms. The molecule has 0 aromatic heterocycles. The van der Waals surface area contributed by atoms with E-state index >= 15 is 0 Å². The fraction of sp³-hybridized carbons (Fsp3) is 0.949. The predicted octanol–water partition coefficient (Wildman–Crippen LogP) is 7.43. The molecule has 2 amide bonds.